The Morgan fingerprint density at radius 2 is 1.46 bits per heavy atom. The third-order valence-electron chi connectivity index (χ3n) is 7.16. The van der Waals surface area contributed by atoms with E-state index < -0.39 is 30.6 Å². The molecule has 1 heterocycles. The molecule has 0 bridgehead atoms. The third kappa shape index (κ3) is 5.07. The molecule has 0 aliphatic heterocycles. The molecule has 41 heavy (non-hydrogen) atoms. The van der Waals surface area contributed by atoms with Crippen LogP contribution in [0.15, 0.2) is 84.9 Å². The number of carboxylic acids is 1. The van der Waals surface area contributed by atoms with Crippen molar-refractivity contribution < 1.29 is 28.5 Å². The number of aliphatic carboxylic acids is 1. The van der Waals surface area contributed by atoms with E-state index in [2.05, 4.69) is 5.92 Å². The summed E-state index contributed by atoms with van der Waals surface area (Å²) in [6, 6.07) is 24.4. The first-order chi connectivity index (χ1) is 19.5. The van der Waals surface area contributed by atoms with Gasteiger partial charge in [-0.05, 0) is 52.2 Å². The van der Waals surface area contributed by atoms with Crippen LogP contribution in [0.25, 0.3) is 33.5 Å². The van der Waals surface area contributed by atoms with Crippen LogP contribution < -0.4 is 0 Å². The highest BCUT2D eigenvalue weighted by Crippen LogP contribution is 2.56. The molecular weight excluding hydrogens is 540 g/mol. The quantitative estimate of drug-likeness (QED) is 0.161. The fraction of sp³-hybridized carbons (Fsp3) is 0.212. The number of terminal acetylenes is 1. The fourth-order valence-corrected chi connectivity index (χ4v) is 6.15. The topological polar surface area (TPSA) is 96.7 Å². The van der Waals surface area contributed by atoms with Crippen LogP contribution in [0.5, 0.6) is 0 Å². The Morgan fingerprint density at radius 3 is 1.93 bits per heavy atom. The van der Waals surface area contributed by atoms with Gasteiger partial charge < -0.3 is 10.2 Å². The lowest BCUT2D eigenvalue weighted by Crippen LogP contribution is -2.53. The summed E-state index contributed by atoms with van der Waals surface area (Å²) >= 11 is 0. The number of aromatic nitrogens is 1. The van der Waals surface area contributed by atoms with E-state index in [1.165, 1.54) is 19.1 Å². The average Bonchev–Trinajstić information content (AvgIpc) is 2.97. The van der Waals surface area contributed by atoms with Gasteiger partial charge in [-0.2, -0.15) is 0 Å². The summed E-state index contributed by atoms with van der Waals surface area (Å²) in [6.45, 7) is 4.92. The number of benzene rings is 3. The smallest absolute Gasteiger partial charge is 0.477 e. The van der Waals surface area contributed by atoms with E-state index in [1.807, 2.05) is 74.5 Å². The standard InChI is InChI=1S/C33H29FNO5P/c1-6-33(31(36)37,41(39)40-5)32(4,38)28-26(23-17-19-25(34)20-18-23)27(22-13-9-7-10-14-22)30(35-29(28)21(2)3)24-15-11-8-12-16-24/h1,7-21,38H,2-5H3/p+1. The maximum Gasteiger partial charge on any atom is 0.543 e. The molecule has 8 heteroatoms. The first-order valence-electron chi connectivity index (χ1n) is 12.9. The second-order valence-electron chi connectivity index (χ2n) is 10.0. The second kappa shape index (κ2) is 11.7. The lowest BCUT2D eigenvalue weighted by atomic mass is 9.74. The molecule has 2 N–H and O–H groups in total. The van der Waals surface area contributed by atoms with Crippen molar-refractivity contribution in [3.8, 4) is 45.9 Å². The molecule has 3 unspecified atom stereocenters. The second-order valence-corrected chi connectivity index (χ2v) is 11.6. The summed E-state index contributed by atoms with van der Waals surface area (Å²) in [5.74, 6) is -0.406. The van der Waals surface area contributed by atoms with Crippen LogP contribution in [0.2, 0.25) is 0 Å². The number of hydrogen-bond acceptors (Lipinski definition) is 5. The summed E-state index contributed by atoms with van der Waals surface area (Å²) in [7, 11) is -2.06. The van der Waals surface area contributed by atoms with E-state index >= 15 is 0 Å². The lowest BCUT2D eigenvalue weighted by Gasteiger charge is -2.35. The Balaban J connectivity index is 2.34. The first-order valence-corrected chi connectivity index (χ1v) is 14.1. The van der Waals surface area contributed by atoms with Crippen LogP contribution in [0.1, 0.15) is 37.9 Å². The maximum atomic E-state index is 14.2. The number of carbonyl (C=O) groups is 1. The van der Waals surface area contributed by atoms with Crippen LogP contribution in [0.4, 0.5) is 4.39 Å². The Kier molecular flexibility index (Phi) is 8.51. The van der Waals surface area contributed by atoms with Gasteiger partial charge >= 0.3 is 19.2 Å². The number of aliphatic hydroxyl groups is 1. The molecule has 0 spiro atoms. The number of hydrogen-bond donors (Lipinski definition) is 2. The van der Waals surface area contributed by atoms with E-state index in [4.69, 9.17) is 15.9 Å². The SMILES string of the molecule is C#CC(C(=O)O)([P+](=O)OC)C(C)(O)c1c(C(C)C)nc(-c2ccccc2)c(-c2ccccc2)c1-c1ccc(F)cc1. The molecule has 4 aromatic rings. The Bertz CT molecular complexity index is 1630. The van der Waals surface area contributed by atoms with Crippen LogP contribution in [-0.4, -0.2) is 33.4 Å². The third-order valence-corrected chi connectivity index (χ3v) is 8.80. The lowest BCUT2D eigenvalue weighted by molar-refractivity contribution is -0.145. The minimum atomic E-state index is -3.13. The number of pyridine rings is 1. The van der Waals surface area contributed by atoms with Crippen LogP contribution in [0, 0.1) is 18.2 Å². The normalized spacial score (nSPS) is 14.5. The highest BCUT2D eigenvalue weighted by molar-refractivity contribution is 7.43. The molecule has 0 radical (unpaired) electrons. The van der Waals surface area contributed by atoms with Crippen LogP contribution >= 0.6 is 8.03 Å². The van der Waals surface area contributed by atoms with Gasteiger partial charge in [0, 0.05) is 16.7 Å². The van der Waals surface area contributed by atoms with Gasteiger partial charge in [-0.1, -0.05) is 86.6 Å². The van der Waals surface area contributed by atoms with E-state index in [-0.39, 0.29) is 11.5 Å². The average molecular weight is 571 g/mol. The summed E-state index contributed by atoms with van der Waals surface area (Å²) in [5.41, 5.74) is 1.41. The highest BCUT2D eigenvalue weighted by Gasteiger charge is 2.71. The zero-order valence-electron chi connectivity index (χ0n) is 23.1. The van der Waals surface area contributed by atoms with Crippen molar-refractivity contribution in [1.82, 2.24) is 4.98 Å². The summed E-state index contributed by atoms with van der Waals surface area (Å²) < 4.78 is 32.5. The molecule has 6 nitrogen and oxygen atoms in total. The highest BCUT2D eigenvalue weighted by atomic mass is 31.1. The van der Waals surface area contributed by atoms with E-state index in [9.17, 15) is 24.0 Å². The van der Waals surface area contributed by atoms with Gasteiger partial charge in [0.1, 0.15) is 5.82 Å². The molecule has 4 rings (SSSR count). The number of rotatable bonds is 9. The molecule has 0 saturated heterocycles. The number of carboxylic acid groups (broad SMARTS) is 1. The van der Waals surface area contributed by atoms with Gasteiger partial charge in [0.25, 0.3) is 0 Å². The monoisotopic (exact) mass is 570 g/mol. The van der Waals surface area contributed by atoms with Crippen molar-refractivity contribution in [2.45, 2.75) is 37.4 Å². The predicted octanol–water partition coefficient (Wildman–Crippen LogP) is 7.40. The number of nitrogens with zero attached hydrogens (tertiary/aromatic N) is 1. The molecule has 3 aromatic carbocycles. The molecular formula is C33H30FNO5P+. The van der Waals surface area contributed by atoms with Crippen LogP contribution in [-0.2, 0) is 19.5 Å². The molecule has 3 atom stereocenters. The summed E-state index contributed by atoms with van der Waals surface area (Å²) in [5, 5.41) is 20.2. The van der Waals surface area contributed by atoms with Crippen molar-refractivity contribution in [2.24, 2.45) is 0 Å². The Morgan fingerprint density at radius 1 is 0.951 bits per heavy atom. The zero-order valence-corrected chi connectivity index (χ0v) is 24.0. The van der Waals surface area contributed by atoms with E-state index in [0.29, 0.717) is 33.6 Å². The summed E-state index contributed by atoms with van der Waals surface area (Å²) in [4.78, 5) is 17.9. The predicted molar refractivity (Wildman–Crippen MR) is 158 cm³/mol. The van der Waals surface area contributed by atoms with Crippen LogP contribution in [0.3, 0.4) is 0 Å². The fourth-order valence-electron chi connectivity index (χ4n) is 5.15. The van der Waals surface area contributed by atoms with Gasteiger partial charge in [0.05, 0.1) is 18.5 Å². The van der Waals surface area contributed by atoms with Crippen molar-refractivity contribution in [3.63, 3.8) is 0 Å². The van der Waals surface area contributed by atoms with E-state index in [1.54, 1.807) is 12.1 Å². The molecule has 208 valence electrons. The maximum absolute atomic E-state index is 14.2. The van der Waals surface area contributed by atoms with E-state index in [0.717, 1.165) is 12.7 Å². The van der Waals surface area contributed by atoms with Crippen molar-refractivity contribution in [2.75, 3.05) is 7.11 Å². The summed E-state index contributed by atoms with van der Waals surface area (Å²) in [6.07, 6.45) is 5.79. The van der Waals surface area contributed by atoms with Gasteiger partial charge in [0.15, 0.2) is 5.60 Å². The van der Waals surface area contributed by atoms with Crippen molar-refractivity contribution in [3.05, 3.63) is 102 Å². The minimum Gasteiger partial charge on any atom is -0.477 e. The molecule has 0 fully saturated rings. The number of halogens is 1. The van der Waals surface area contributed by atoms with Crippen molar-refractivity contribution in [1.29, 1.82) is 0 Å². The molecule has 0 aliphatic rings. The van der Waals surface area contributed by atoms with Gasteiger partial charge in [-0.15, -0.1) is 10.9 Å². The van der Waals surface area contributed by atoms with Gasteiger partial charge in [-0.25, -0.2) is 9.18 Å². The molecule has 1 aromatic heterocycles. The zero-order chi connectivity index (χ0) is 29.9. The van der Waals surface area contributed by atoms with Gasteiger partial charge in [-0.3, -0.25) is 4.98 Å². The molecule has 0 amide bonds. The minimum absolute atomic E-state index is 0.0680. The Labute approximate surface area is 239 Å². The molecule has 0 aliphatic carbocycles. The first kappa shape index (κ1) is 29.8. The Hall–Kier alpha value is -4.21. The van der Waals surface area contributed by atoms with Gasteiger partial charge in [0.2, 0.25) is 0 Å². The van der Waals surface area contributed by atoms with Crippen molar-refractivity contribution >= 4 is 14.0 Å². The largest absolute Gasteiger partial charge is 0.543 e. The molecule has 0 saturated carbocycles.